The Morgan fingerprint density at radius 3 is 2.58 bits per heavy atom. The molecule has 2 aliphatic heterocycles. The van der Waals surface area contributed by atoms with Gasteiger partial charge in [0.25, 0.3) is 0 Å². The van der Waals surface area contributed by atoms with Crippen LogP contribution in [0.2, 0.25) is 0 Å². The zero-order valence-corrected chi connectivity index (χ0v) is 15.1. The molecular weight excluding hydrogens is 423 g/mol. The zero-order valence-electron chi connectivity index (χ0n) is 12.9. The van der Waals surface area contributed by atoms with Gasteiger partial charge in [0, 0.05) is 9.99 Å². The predicted molar refractivity (Wildman–Crippen MR) is 91.9 cm³/mol. The number of hydrogen-bond donors (Lipinski definition) is 2. The van der Waals surface area contributed by atoms with Gasteiger partial charge >= 0.3 is 0 Å². The van der Waals surface area contributed by atoms with E-state index in [0.717, 1.165) is 0 Å². The minimum atomic E-state index is -1.24. The Morgan fingerprint density at radius 2 is 1.96 bits per heavy atom. The second kappa shape index (κ2) is 4.52. The third-order valence-electron chi connectivity index (χ3n) is 4.92. The van der Waals surface area contributed by atoms with E-state index in [0.29, 0.717) is 25.9 Å². The molecule has 122 valence electrons. The Labute approximate surface area is 151 Å². The van der Waals surface area contributed by atoms with Gasteiger partial charge in [-0.15, -0.1) is 0 Å². The van der Waals surface area contributed by atoms with E-state index in [1.54, 1.807) is 32.0 Å². The summed E-state index contributed by atoms with van der Waals surface area (Å²) in [4.78, 5) is 12.3. The van der Waals surface area contributed by atoms with Crippen molar-refractivity contribution in [3.8, 4) is 23.5 Å². The fourth-order valence-corrected chi connectivity index (χ4v) is 4.45. The van der Waals surface area contributed by atoms with Crippen LogP contribution in [-0.4, -0.2) is 20.6 Å². The van der Waals surface area contributed by atoms with Crippen molar-refractivity contribution in [2.24, 2.45) is 0 Å². The quantitative estimate of drug-likeness (QED) is 0.671. The number of rotatable bonds is 1. The lowest BCUT2D eigenvalue weighted by molar-refractivity contribution is -0.133. The number of ether oxygens (including phenoxy) is 1. The van der Waals surface area contributed by atoms with Gasteiger partial charge in [-0.05, 0) is 54.6 Å². The van der Waals surface area contributed by atoms with Crippen LogP contribution in [-0.2, 0) is 20.7 Å². The summed E-state index contributed by atoms with van der Waals surface area (Å²) in [6.45, 7) is 3.37. The number of aromatic nitrogens is 1. The number of nitriles is 1. The molecule has 0 unspecified atom stereocenters. The number of ketones is 1. The van der Waals surface area contributed by atoms with E-state index in [1.165, 1.54) is 4.57 Å². The first-order valence-corrected chi connectivity index (χ1v) is 8.42. The molecule has 2 bridgehead atoms. The molecule has 24 heavy (non-hydrogen) atoms. The van der Waals surface area contributed by atoms with E-state index in [2.05, 4.69) is 6.07 Å². The number of carbonyl (C=O) groups is 1. The van der Waals surface area contributed by atoms with Crippen LogP contribution in [0.3, 0.4) is 0 Å². The second-order valence-electron chi connectivity index (χ2n) is 6.47. The van der Waals surface area contributed by atoms with E-state index >= 15 is 0 Å². The smallest absolute Gasteiger partial charge is 0.205 e. The molecule has 1 fully saturated rings. The molecule has 1 aromatic heterocycles. The van der Waals surface area contributed by atoms with Crippen LogP contribution in [0, 0.1) is 14.9 Å². The highest BCUT2D eigenvalue weighted by atomic mass is 127. The van der Waals surface area contributed by atoms with E-state index in [-0.39, 0.29) is 24.0 Å². The maximum atomic E-state index is 12.3. The third-order valence-corrected chi connectivity index (χ3v) is 5.81. The predicted octanol–water partition coefficient (Wildman–Crippen LogP) is 2.80. The average molecular weight is 436 g/mol. The number of nitrogens with zero attached hydrogens (tertiary/aromatic N) is 2. The largest absolute Gasteiger partial charge is 0.494 e. The summed E-state index contributed by atoms with van der Waals surface area (Å²) in [5.41, 5.74) is -0.360. The molecule has 7 heteroatoms. The second-order valence-corrected chi connectivity index (χ2v) is 7.64. The molecule has 0 radical (unpaired) electrons. The van der Waals surface area contributed by atoms with Crippen LogP contribution in [0.15, 0.2) is 18.2 Å². The van der Waals surface area contributed by atoms with Crippen LogP contribution >= 0.6 is 22.6 Å². The molecule has 0 aliphatic carbocycles. The molecule has 3 heterocycles. The first-order valence-electron chi connectivity index (χ1n) is 7.34. The van der Waals surface area contributed by atoms with Gasteiger partial charge < -0.3 is 14.9 Å². The van der Waals surface area contributed by atoms with Crippen LogP contribution in [0.25, 0.3) is 5.69 Å². The number of halogens is 1. The van der Waals surface area contributed by atoms with Gasteiger partial charge in [0.2, 0.25) is 11.8 Å². The number of aromatic hydroxyl groups is 2. The van der Waals surface area contributed by atoms with Crippen molar-refractivity contribution < 1.29 is 19.7 Å². The summed E-state index contributed by atoms with van der Waals surface area (Å²) in [5.74, 6) is -0.455. The number of benzene rings is 1. The molecule has 0 amide bonds. The Morgan fingerprint density at radius 1 is 1.29 bits per heavy atom. The fraction of sp³-hybridized carbons (Fsp3) is 0.294. The monoisotopic (exact) mass is 436 g/mol. The maximum Gasteiger partial charge on any atom is 0.205 e. The van der Waals surface area contributed by atoms with Gasteiger partial charge in [-0.1, -0.05) is 0 Å². The SMILES string of the molecule is C[C@]12CC(=O)[C@](C)(O1)c1c2c(O)n(-c2ccc(C#N)c(I)c2)c1O. The van der Waals surface area contributed by atoms with Gasteiger partial charge in [-0.25, -0.2) is 0 Å². The summed E-state index contributed by atoms with van der Waals surface area (Å²) < 4.78 is 7.85. The van der Waals surface area contributed by atoms with E-state index in [4.69, 9.17) is 10.00 Å². The molecule has 2 aromatic rings. The lowest BCUT2D eigenvalue weighted by Gasteiger charge is -2.19. The van der Waals surface area contributed by atoms with Gasteiger partial charge in [-0.2, -0.15) is 5.26 Å². The molecule has 1 saturated heterocycles. The maximum absolute atomic E-state index is 12.3. The van der Waals surface area contributed by atoms with Crippen molar-refractivity contribution in [1.82, 2.24) is 4.57 Å². The average Bonchev–Trinajstić information content (AvgIpc) is 3.01. The number of carbonyl (C=O) groups excluding carboxylic acids is 1. The van der Waals surface area contributed by atoms with E-state index in [9.17, 15) is 15.0 Å². The van der Waals surface area contributed by atoms with Crippen molar-refractivity contribution in [2.75, 3.05) is 0 Å². The van der Waals surface area contributed by atoms with Crippen LogP contribution < -0.4 is 0 Å². The summed E-state index contributed by atoms with van der Waals surface area (Å²) in [6.07, 6.45) is 0.165. The molecule has 2 aliphatic rings. The third kappa shape index (κ3) is 1.65. The van der Waals surface area contributed by atoms with Gasteiger partial charge in [-0.3, -0.25) is 9.36 Å². The minimum absolute atomic E-state index is 0.112. The Kier molecular flexibility index (Phi) is 2.91. The summed E-state index contributed by atoms with van der Waals surface area (Å²) >= 11 is 2.03. The first kappa shape index (κ1) is 15.5. The standard InChI is InChI=1S/C17H13IN2O4/c1-16-6-11(21)17(2,24-16)13-12(16)14(22)20(15(13)23)9-4-3-8(7-19)10(18)5-9/h3-5,22-23H,6H2,1-2H3/t16-,17+/m1/s1. The van der Waals surface area contributed by atoms with E-state index < -0.39 is 11.2 Å². The van der Waals surface area contributed by atoms with Crippen molar-refractivity contribution >= 4 is 28.4 Å². The highest BCUT2D eigenvalue weighted by Gasteiger charge is 2.64. The molecule has 1 aromatic carbocycles. The molecular formula is C17H13IN2O4. The van der Waals surface area contributed by atoms with Crippen LogP contribution in [0.5, 0.6) is 11.8 Å². The molecule has 0 saturated carbocycles. The van der Waals surface area contributed by atoms with Crippen molar-refractivity contribution in [3.05, 3.63) is 38.5 Å². The van der Waals surface area contributed by atoms with Crippen LogP contribution in [0.1, 0.15) is 37.0 Å². The zero-order chi connectivity index (χ0) is 17.4. The minimum Gasteiger partial charge on any atom is -0.494 e. The highest BCUT2D eigenvalue weighted by Crippen LogP contribution is 2.62. The fourth-order valence-electron chi connectivity index (χ4n) is 3.83. The van der Waals surface area contributed by atoms with E-state index in [1.807, 2.05) is 22.6 Å². The van der Waals surface area contributed by atoms with Crippen LogP contribution in [0.4, 0.5) is 0 Å². The normalized spacial score (nSPS) is 27.3. The molecule has 6 nitrogen and oxygen atoms in total. The summed E-state index contributed by atoms with van der Waals surface area (Å²) in [7, 11) is 0. The van der Waals surface area contributed by atoms with Gasteiger partial charge in [0.15, 0.2) is 11.4 Å². The Hall–Kier alpha value is -2.05. The number of Topliss-reactive ketones (excluding diaryl/α,β-unsaturated/α-hetero) is 1. The van der Waals surface area contributed by atoms with Gasteiger partial charge in [0.05, 0.1) is 22.4 Å². The first-order chi connectivity index (χ1) is 11.2. The molecule has 4 rings (SSSR count). The summed E-state index contributed by atoms with van der Waals surface area (Å²) in [5, 5.41) is 30.5. The Balaban J connectivity index is 2.00. The number of fused-ring (bicyclic) bond motifs is 5. The van der Waals surface area contributed by atoms with Crippen molar-refractivity contribution in [1.29, 1.82) is 5.26 Å². The number of hydrogen-bond acceptors (Lipinski definition) is 5. The lowest BCUT2D eigenvalue weighted by Crippen LogP contribution is -2.28. The van der Waals surface area contributed by atoms with Crippen molar-refractivity contribution in [2.45, 2.75) is 31.5 Å². The molecule has 2 N–H and O–H groups in total. The summed E-state index contributed by atoms with van der Waals surface area (Å²) in [6, 6.07) is 7.04. The van der Waals surface area contributed by atoms with Crippen molar-refractivity contribution in [3.63, 3.8) is 0 Å². The Bertz CT molecular complexity index is 974. The molecule has 2 atom stereocenters. The highest BCUT2D eigenvalue weighted by molar-refractivity contribution is 14.1. The van der Waals surface area contributed by atoms with Gasteiger partial charge in [0.1, 0.15) is 11.7 Å². The topological polar surface area (TPSA) is 95.5 Å². The molecule has 0 spiro atoms. The lowest BCUT2D eigenvalue weighted by atomic mass is 9.79.